The van der Waals surface area contributed by atoms with Gasteiger partial charge in [-0.1, -0.05) is 242 Å². The number of ether oxygens (including phenoxy) is 3. The van der Waals surface area contributed by atoms with E-state index < -0.39 is 6.10 Å². The van der Waals surface area contributed by atoms with Crippen molar-refractivity contribution in [1.29, 1.82) is 0 Å². The van der Waals surface area contributed by atoms with Gasteiger partial charge in [0.25, 0.3) is 0 Å². The Labute approximate surface area is 390 Å². The largest absolute Gasteiger partial charge is 0.462 e. The minimum absolute atomic E-state index is 0.0743. The maximum absolute atomic E-state index is 12.8. The lowest BCUT2D eigenvalue weighted by atomic mass is 10.0. The third kappa shape index (κ3) is 50.0. The summed E-state index contributed by atoms with van der Waals surface area (Å²) in [5.74, 6) is -0.880. The van der Waals surface area contributed by atoms with Gasteiger partial charge in [-0.05, 0) is 64.2 Å². The number of allylic oxidation sites excluding steroid dienone is 10. The lowest BCUT2D eigenvalue weighted by molar-refractivity contribution is -0.167. The van der Waals surface area contributed by atoms with Crippen molar-refractivity contribution < 1.29 is 28.6 Å². The molecule has 0 aliphatic carbocycles. The fourth-order valence-electron chi connectivity index (χ4n) is 7.53. The molecule has 0 heterocycles. The fraction of sp³-hybridized carbons (Fsp3) is 0.772. The summed E-state index contributed by atoms with van der Waals surface area (Å²) in [5.41, 5.74) is 0. The molecule has 0 aliphatic rings. The first-order chi connectivity index (χ1) is 31.0. The molecule has 63 heavy (non-hydrogen) atoms. The quantitative estimate of drug-likeness (QED) is 0.0262. The first-order valence-corrected chi connectivity index (χ1v) is 26.8. The van der Waals surface area contributed by atoms with E-state index in [1.165, 1.54) is 128 Å². The molecule has 0 N–H and O–H groups in total. The van der Waals surface area contributed by atoms with Gasteiger partial charge in [0.1, 0.15) is 13.2 Å². The fourth-order valence-corrected chi connectivity index (χ4v) is 7.53. The highest BCUT2D eigenvalue weighted by Crippen LogP contribution is 2.15. The molecular formula is C57H100O6. The van der Waals surface area contributed by atoms with Crippen LogP contribution in [0.5, 0.6) is 0 Å². The van der Waals surface area contributed by atoms with Crippen LogP contribution >= 0.6 is 0 Å². The van der Waals surface area contributed by atoms with E-state index in [4.69, 9.17) is 14.2 Å². The van der Waals surface area contributed by atoms with Gasteiger partial charge in [0.05, 0.1) is 0 Å². The van der Waals surface area contributed by atoms with Crippen molar-refractivity contribution in [2.24, 2.45) is 0 Å². The van der Waals surface area contributed by atoms with Gasteiger partial charge in [0.2, 0.25) is 0 Å². The second-order valence-electron chi connectivity index (χ2n) is 17.8. The van der Waals surface area contributed by atoms with Crippen molar-refractivity contribution in [3.8, 4) is 0 Å². The molecule has 0 rings (SSSR count). The molecule has 0 spiro atoms. The van der Waals surface area contributed by atoms with Gasteiger partial charge in [-0.15, -0.1) is 0 Å². The summed E-state index contributed by atoms with van der Waals surface area (Å²) in [5, 5.41) is 0. The van der Waals surface area contributed by atoms with E-state index in [1.807, 2.05) is 0 Å². The van der Waals surface area contributed by atoms with Crippen molar-refractivity contribution in [3.05, 3.63) is 60.8 Å². The molecule has 1 atom stereocenters. The third-order valence-electron chi connectivity index (χ3n) is 11.5. The summed E-state index contributed by atoms with van der Waals surface area (Å²) in [6, 6.07) is 0. The zero-order valence-electron chi connectivity index (χ0n) is 41.6. The van der Waals surface area contributed by atoms with Crippen LogP contribution in [-0.4, -0.2) is 37.2 Å². The Bertz CT molecular complexity index is 1150. The summed E-state index contributed by atoms with van der Waals surface area (Å²) >= 11 is 0. The van der Waals surface area contributed by atoms with Crippen LogP contribution in [-0.2, 0) is 28.6 Å². The van der Waals surface area contributed by atoms with Crippen LogP contribution in [0.4, 0.5) is 0 Å². The van der Waals surface area contributed by atoms with E-state index in [2.05, 4.69) is 81.5 Å². The average molecular weight is 881 g/mol. The Kier molecular flexibility index (Phi) is 49.4. The summed E-state index contributed by atoms with van der Waals surface area (Å²) in [7, 11) is 0. The molecule has 0 radical (unpaired) electrons. The first kappa shape index (κ1) is 60.1. The van der Waals surface area contributed by atoms with E-state index in [9.17, 15) is 14.4 Å². The highest BCUT2D eigenvalue weighted by molar-refractivity contribution is 5.71. The summed E-state index contributed by atoms with van der Waals surface area (Å²) in [4.78, 5) is 37.9. The third-order valence-corrected chi connectivity index (χ3v) is 11.5. The van der Waals surface area contributed by atoms with Gasteiger partial charge in [-0.25, -0.2) is 0 Å². The summed E-state index contributed by atoms with van der Waals surface area (Å²) in [6.45, 7) is 6.51. The van der Waals surface area contributed by atoms with Crippen molar-refractivity contribution in [1.82, 2.24) is 0 Å². The molecule has 6 heteroatoms. The Morgan fingerprint density at radius 3 is 0.968 bits per heavy atom. The van der Waals surface area contributed by atoms with Crippen LogP contribution < -0.4 is 0 Å². The van der Waals surface area contributed by atoms with E-state index >= 15 is 0 Å². The van der Waals surface area contributed by atoms with Gasteiger partial charge in [0.15, 0.2) is 6.10 Å². The number of carbonyl (C=O) groups excluding carboxylic acids is 3. The average Bonchev–Trinajstić information content (AvgIpc) is 3.28. The van der Waals surface area contributed by atoms with Crippen molar-refractivity contribution in [3.63, 3.8) is 0 Å². The molecule has 0 fully saturated rings. The Hall–Kier alpha value is -2.89. The SMILES string of the molecule is CC/C=C\C/C=C\C/C=C\C/C=C\C/C=C\CCCCCCCCCC(=O)OCC(COC(=O)CCCCCCCCCCCC)OC(=O)CCCCCCCCCCCCCC. The Morgan fingerprint density at radius 1 is 0.333 bits per heavy atom. The van der Waals surface area contributed by atoms with E-state index in [1.54, 1.807) is 0 Å². The first-order valence-electron chi connectivity index (χ1n) is 26.8. The van der Waals surface area contributed by atoms with Gasteiger partial charge >= 0.3 is 17.9 Å². The molecule has 1 unspecified atom stereocenters. The normalized spacial score (nSPS) is 12.5. The molecule has 0 saturated carbocycles. The van der Waals surface area contributed by atoms with Crippen LogP contribution in [0.15, 0.2) is 60.8 Å². The maximum Gasteiger partial charge on any atom is 0.306 e. The lowest BCUT2D eigenvalue weighted by Gasteiger charge is -2.18. The second-order valence-corrected chi connectivity index (χ2v) is 17.8. The van der Waals surface area contributed by atoms with Gasteiger partial charge in [-0.3, -0.25) is 14.4 Å². The molecule has 364 valence electrons. The van der Waals surface area contributed by atoms with Crippen LogP contribution in [0.25, 0.3) is 0 Å². The zero-order chi connectivity index (χ0) is 45.8. The van der Waals surface area contributed by atoms with Crippen molar-refractivity contribution in [2.75, 3.05) is 13.2 Å². The minimum atomic E-state index is -0.773. The molecular weight excluding hydrogens is 781 g/mol. The molecule has 6 nitrogen and oxygen atoms in total. The van der Waals surface area contributed by atoms with Crippen LogP contribution in [0.3, 0.4) is 0 Å². The number of hydrogen-bond acceptors (Lipinski definition) is 6. The summed E-state index contributed by atoms with van der Waals surface area (Å²) in [6.07, 6.45) is 63.5. The number of esters is 3. The maximum atomic E-state index is 12.8. The Balaban J connectivity index is 4.27. The lowest BCUT2D eigenvalue weighted by Crippen LogP contribution is -2.30. The molecule has 0 amide bonds. The zero-order valence-corrected chi connectivity index (χ0v) is 41.6. The molecule has 0 aromatic carbocycles. The highest BCUT2D eigenvalue weighted by Gasteiger charge is 2.19. The standard InChI is InChI=1S/C57H100O6/c1-4-7-10-13-16-19-22-24-25-26-27-28-29-30-31-32-33-34-36-38-41-44-47-50-56(59)62-53-54(52-61-55(58)49-46-43-40-37-21-18-15-12-9-6-3)63-57(60)51-48-45-42-39-35-23-20-17-14-11-8-5-2/h7,10,16,19,24-25,27-28,30-31,54H,4-6,8-9,11-15,17-18,20-23,26,29,32-53H2,1-3H3/b10-7-,19-16-,25-24-,28-27-,31-30-. The van der Waals surface area contributed by atoms with Crippen LogP contribution in [0, 0.1) is 0 Å². The predicted molar refractivity (Wildman–Crippen MR) is 270 cm³/mol. The van der Waals surface area contributed by atoms with E-state index in [0.29, 0.717) is 19.3 Å². The van der Waals surface area contributed by atoms with Crippen LogP contribution in [0.1, 0.15) is 265 Å². The smallest absolute Gasteiger partial charge is 0.306 e. The van der Waals surface area contributed by atoms with Gasteiger partial charge in [-0.2, -0.15) is 0 Å². The predicted octanol–water partition coefficient (Wildman–Crippen LogP) is 17.6. The van der Waals surface area contributed by atoms with E-state index in [0.717, 1.165) is 96.3 Å². The molecule has 0 aliphatic heterocycles. The molecule has 0 aromatic rings. The molecule has 0 saturated heterocycles. The second kappa shape index (κ2) is 51.7. The van der Waals surface area contributed by atoms with Crippen LogP contribution in [0.2, 0.25) is 0 Å². The Morgan fingerprint density at radius 2 is 0.619 bits per heavy atom. The monoisotopic (exact) mass is 881 g/mol. The van der Waals surface area contributed by atoms with Gasteiger partial charge < -0.3 is 14.2 Å². The highest BCUT2D eigenvalue weighted by atomic mass is 16.6. The van der Waals surface area contributed by atoms with Crippen molar-refractivity contribution >= 4 is 17.9 Å². The topological polar surface area (TPSA) is 78.9 Å². The number of unbranched alkanes of at least 4 members (excludes halogenated alkanes) is 27. The molecule has 0 bridgehead atoms. The number of hydrogen-bond donors (Lipinski definition) is 0. The minimum Gasteiger partial charge on any atom is -0.462 e. The van der Waals surface area contributed by atoms with Crippen molar-refractivity contribution in [2.45, 2.75) is 271 Å². The van der Waals surface area contributed by atoms with Gasteiger partial charge in [0, 0.05) is 19.3 Å². The molecule has 0 aromatic heterocycles. The van der Waals surface area contributed by atoms with E-state index in [-0.39, 0.29) is 31.1 Å². The number of rotatable bonds is 48. The summed E-state index contributed by atoms with van der Waals surface area (Å²) < 4.78 is 16.8. The number of carbonyl (C=O) groups is 3.